The van der Waals surface area contributed by atoms with E-state index in [1.165, 1.54) is 6.07 Å². The third-order valence-corrected chi connectivity index (χ3v) is 5.37. The topological polar surface area (TPSA) is 94.8 Å². The smallest absolute Gasteiger partial charge is 0.202 e. The van der Waals surface area contributed by atoms with E-state index in [-0.39, 0.29) is 38.2 Å². The molecule has 0 saturated heterocycles. The number of ketones is 2. The molecule has 1 aliphatic carbocycles. The van der Waals surface area contributed by atoms with Gasteiger partial charge in [0, 0.05) is 10.0 Å². The Bertz CT molecular complexity index is 882. The van der Waals surface area contributed by atoms with E-state index in [9.17, 15) is 24.9 Å². The van der Waals surface area contributed by atoms with Crippen molar-refractivity contribution >= 4 is 43.4 Å². The van der Waals surface area contributed by atoms with Gasteiger partial charge in [-0.2, -0.15) is 0 Å². The number of halogens is 2. The van der Waals surface area contributed by atoms with Crippen molar-refractivity contribution in [2.45, 2.75) is 6.92 Å². The number of phenolic OH excluding ortho intramolecular Hbond substituents is 3. The summed E-state index contributed by atoms with van der Waals surface area (Å²) >= 11 is 6.21. The number of carbonyl (C=O) groups excluding carboxylic acids is 2. The zero-order valence-corrected chi connectivity index (χ0v) is 14.2. The lowest BCUT2D eigenvalue weighted by Gasteiger charge is -2.22. The Hall–Kier alpha value is -1.86. The van der Waals surface area contributed by atoms with Gasteiger partial charge in [-0.25, -0.2) is 0 Å². The number of hydrogen-bond acceptors (Lipinski definition) is 5. The number of aromatic hydroxyl groups is 3. The summed E-state index contributed by atoms with van der Waals surface area (Å²) in [5, 5.41) is 29.9. The molecule has 3 N–H and O–H groups in total. The number of benzene rings is 2. The van der Waals surface area contributed by atoms with Crippen molar-refractivity contribution in [2.75, 3.05) is 0 Å². The highest BCUT2D eigenvalue weighted by atomic mass is 79.9. The molecular weight excluding hydrogens is 420 g/mol. The van der Waals surface area contributed by atoms with E-state index in [4.69, 9.17) is 0 Å². The molecule has 22 heavy (non-hydrogen) atoms. The van der Waals surface area contributed by atoms with Crippen LogP contribution in [0.1, 0.15) is 37.4 Å². The molecule has 0 bridgehead atoms. The van der Waals surface area contributed by atoms with Crippen molar-refractivity contribution in [2.24, 2.45) is 0 Å². The lowest BCUT2D eigenvalue weighted by molar-refractivity contribution is 0.0973. The SMILES string of the molecule is Cc1cc(O)c2c(c1Br)C(=O)c1cc(O)c(Br)c(O)c1C2=O. The van der Waals surface area contributed by atoms with Crippen molar-refractivity contribution in [1.82, 2.24) is 0 Å². The first-order valence-electron chi connectivity index (χ1n) is 6.11. The first-order chi connectivity index (χ1) is 10.3. The number of rotatable bonds is 0. The fraction of sp³-hybridized carbons (Fsp3) is 0.0667. The maximum Gasteiger partial charge on any atom is 0.202 e. The molecule has 0 heterocycles. The molecule has 2 aromatic rings. The van der Waals surface area contributed by atoms with Crippen LogP contribution in [0.2, 0.25) is 0 Å². The molecule has 0 spiro atoms. The summed E-state index contributed by atoms with van der Waals surface area (Å²) < 4.78 is 0.313. The standard InChI is InChI=1S/C15H8Br2O5/c1-4-2-6(18)9-10(11(4)16)13(20)5-3-7(19)12(17)15(22)8(5)14(9)21/h2-3,18-19,22H,1H3. The normalized spacial score (nSPS) is 13.0. The largest absolute Gasteiger partial charge is 0.507 e. The van der Waals surface area contributed by atoms with Crippen LogP contribution < -0.4 is 0 Å². The zero-order chi connectivity index (χ0) is 16.3. The maximum absolute atomic E-state index is 12.7. The van der Waals surface area contributed by atoms with E-state index >= 15 is 0 Å². The Balaban J connectivity index is 2.46. The first kappa shape index (κ1) is 15.1. The molecule has 0 amide bonds. The highest BCUT2D eigenvalue weighted by molar-refractivity contribution is 9.11. The first-order valence-corrected chi connectivity index (χ1v) is 7.70. The maximum atomic E-state index is 12.7. The molecule has 0 unspecified atom stereocenters. The molecule has 0 saturated carbocycles. The van der Waals surface area contributed by atoms with Crippen molar-refractivity contribution < 1.29 is 24.9 Å². The molecule has 5 nitrogen and oxygen atoms in total. The number of hydrogen-bond donors (Lipinski definition) is 3. The van der Waals surface area contributed by atoms with Crippen LogP contribution >= 0.6 is 31.9 Å². The average molecular weight is 428 g/mol. The van der Waals surface area contributed by atoms with Crippen LogP contribution in [0.25, 0.3) is 0 Å². The second-order valence-corrected chi connectivity index (χ2v) is 6.50. The molecule has 1 aliphatic rings. The Morgan fingerprint density at radius 3 is 2.09 bits per heavy atom. The van der Waals surface area contributed by atoms with Gasteiger partial charge in [-0.1, -0.05) is 0 Å². The summed E-state index contributed by atoms with van der Waals surface area (Å²) in [6, 6.07) is 2.49. The average Bonchev–Trinajstić information content (AvgIpc) is 2.45. The van der Waals surface area contributed by atoms with Crippen LogP contribution in [-0.2, 0) is 0 Å². The van der Waals surface area contributed by atoms with Gasteiger partial charge in [0.2, 0.25) is 5.78 Å². The highest BCUT2D eigenvalue weighted by Gasteiger charge is 2.37. The van der Waals surface area contributed by atoms with E-state index in [2.05, 4.69) is 31.9 Å². The Morgan fingerprint density at radius 1 is 0.818 bits per heavy atom. The summed E-state index contributed by atoms with van der Waals surface area (Å²) in [6.07, 6.45) is 0. The van der Waals surface area contributed by atoms with E-state index in [1.54, 1.807) is 6.92 Å². The summed E-state index contributed by atoms with van der Waals surface area (Å²) in [4.78, 5) is 25.3. The van der Waals surface area contributed by atoms with Crippen LogP contribution in [0, 0.1) is 6.92 Å². The number of fused-ring (bicyclic) bond motifs is 2. The van der Waals surface area contributed by atoms with E-state index < -0.39 is 17.3 Å². The fourth-order valence-corrected chi connectivity index (χ4v) is 3.32. The fourth-order valence-electron chi connectivity index (χ4n) is 2.52. The van der Waals surface area contributed by atoms with Crippen LogP contribution in [0.3, 0.4) is 0 Å². The van der Waals surface area contributed by atoms with E-state index in [0.717, 1.165) is 6.07 Å². The van der Waals surface area contributed by atoms with Crippen molar-refractivity contribution in [3.8, 4) is 17.2 Å². The number of phenols is 3. The quantitative estimate of drug-likeness (QED) is 0.511. The third-order valence-electron chi connectivity index (χ3n) is 3.57. The van der Waals surface area contributed by atoms with Gasteiger partial charge in [-0.15, -0.1) is 0 Å². The second kappa shape index (κ2) is 4.82. The van der Waals surface area contributed by atoms with Crippen LogP contribution in [-0.4, -0.2) is 26.9 Å². The summed E-state index contributed by atoms with van der Waals surface area (Å²) in [7, 11) is 0. The van der Waals surface area contributed by atoms with Crippen LogP contribution in [0.4, 0.5) is 0 Å². The highest BCUT2D eigenvalue weighted by Crippen LogP contribution is 2.45. The minimum Gasteiger partial charge on any atom is -0.507 e. The van der Waals surface area contributed by atoms with Gasteiger partial charge < -0.3 is 15.3 Å². The van der Waals surface area contributed by atoms with E-state index in [1.807, 2.05) is 0 Å². The summed E-state index contributed by atoms with van der Waals surface area (Å²) in [5.74, 6) is -2.46. The lowest BCUT2D eigenvalue weighted by Crippen LogP contribution is -2.22. The van der Waals surface area contributed by atoms with Crippen LogP contribution in [0.5, 0.6) is 17.2 Å². The minimum atomic E-state index is -0.680. The molecule has 0 aromatic heterocycles. The van der Waals surface area contributed by atoms with Crippen molar-refractivity contribution in [3.05, 3.63) is 48.9 Å². The van der Waals surface area contributed by atoms with Crippen LogP contribution in [0.15, 0.2) is 21.1 Å². The second-order valence-electron chi connectivity index (χ2n) is 4.92. The van der Waals surface area contributed by atoms with Gasteiger partial charge in [0.1, 0.15) is 21.7 Å². The Labute approximate surface area is 141 Å². The van der Waals surface area contributed by atoms with Gasteiger partial charge in [-0.3, -0.25) is 9.59 Å². The van der Waals surface area contributed by atoms with Crippen molar-refractivity contribution in [1.29, 1.82) is 0 Å². The Kier molecular flexibility index (Phi) is 3.30. The molecule has 7 heteroatoms. The number of carbonyl (C=O) groups is 2. The molecular formula is C15H8Br2O5. The molecule has 2 aromatic carbocycles. The third kappa shape index (κ3) is 1.82. The van der Waals surface area contributed by atoms with Gasteiger partial charge in [0.25, 0.3) is 0 Å². The Morgan fingerprint density at radius 2 is 1.45 bits per heavy atom. The van der Waals surface area contributed by atoms with Crippen molar-refractivity contribution in [3.63, 3.8) is 0 Å². The molecule has 0 aliphatic heterocycles. The predicted octanol–water partition coefficient (Wildman–Crippen LogP) is 3.41. The zero-order valence-electron chi connectivity index (χ0n) is 11.1. The molecule has 0 radical (unpaired) electrons. The predicted molar refractivity (Wildman–Crippen MR) is 84.9 cm³/mol. The summed E-state index contributed by atoms with van der Waals surface area (Å²) in [6.45, 7) is 1.67. The minimum absolute atomic E-state index is 0.0242. The lowest BCUT2D eigenvalue weighted by atomic mass is 9.82. The monoisotopic (exact) mass is 426 g/mol. The number of aryl methyl sites for hydroxylation is 1. The molecule has 0 atom stereocenters. The van der Waals surface area contributed by atoms with Gasteiger partial charge >= 0.3 is 0 Å². The van der Waals surface area contributed by atoms with E-state index in [0.29, 0.717) is 10.0 Å². The molecule has 112 valence electrons. The van der Waals surface area contributed by atoms with Gasteiger partial charge in [0.15, 0.2) is 5.78 Å². The van der Waals surface area contributed by atoms with Gasteiger partial charge in [-0.05, 0) is 56.5 Å². The molecule has 0 fully saturated rings. The summed E-state index contributed by atoms with van der Waals surface area (Å²) in [5.41, 5.74) is 0.0972. The van der Waals surface area contributed by atoms with Gasteiger partial charge in [0.05, 0.1) is 16.7 Å². The molecule has 3 rings (SSSR count).